The van der Waals surface area contributed by atoms with Crippen molar-refractivity contribution in [3.8, 4) is 0 Å². The maximum absolute atomic E-state index is 12.0. The normalized spacial score (nSPS) is 14.9. The van der Waals surface area contributed by atoms with Crippen LogP contribution in [0.25, 0.3) is 10.8 Å². The van der Waals surface area contributed by atoms with Crippen LogP contribution >= 0.6 is 0 Å². The highest BCUT2D eigenvalue weighted by Gasteiger charge is 2.26. The Morgan fingerprint density at radius 1 is 1.24 bits per heavy atom. The molecule has 1 aliphatic rings. The number of ketones is 1. The SMILES string of the molecule is NC(=O)c1c2ccccc2c2n1CCCC2=O. The number of benzene rings is 1. The third-order valence-electron chi connectivity index (χ3n) is 3.26. The van der Waals surface area contributed by atoms with Gasteiger partial charge in [-0.15, -0.1) is 0 Å². The molecule has 0 unspecified atom stereocenters. The Kier molecular flexibility index (Phi) is 2.04. The van der Waals surface area contributed by atoms with Crippen molar-refractivity contribution < 1.29 is 9.59 Å². The molecule has 0 atom stereocenters. The fourth-order valence-corrected chi connectivity index (χ4v) is 2.60. The first-order valence-electron chi connectivity index (χ1n) is 5.64. The second kappa shape index (κ2) is 3.45. The molecular weight excluding hydrogens is 216 g/mol. The summed E-state index contributed by atoms with van der Waals surface area (Å²) in [5.41, 5.74) is 6.52. The molecule has 0 bridgehead atoms. The van der Waals surface area contributed by atoms with Crippen molar-refractivity contribution in [3.05, 3.63) is 35.7 Å². The third-order valence-corrected chi connectivity index (χ3v) is 3.26. The van der Waals surface area contributed by atoms with Crippen molar-refractivity contribution >= 4 is 22.5 Å². The summed E-state index contributed by atoms with van der Waals surface area (Å²) in [6.07, 6.45) is 1.32. The van der Waals surface area contributed by atoms with Gasteiger partial charge in [0.05, 0.1) is 5.69 Å². The van der Waals surface area contributed by atoms with Gasteiger partial charge in [0.1, 0.15) is 5.69 Å². The number of carbonyl (C=O) groups excluding carboxylic acids is 2. The topological polar surface area (TPSA) is 65.1 Å². The van der Waals surface area contributed by atoms with Crippen LogP contribution in [-0.4, -0.2) is 16.3 Å². The third kappa shape index (κ3) is 1.30. The Balaban J connectivity index is 2.47. The average molecular weight is 228 g/mol. The monoisotopic (exact) mass is 228 g/mol. The molecule has 0 saturated heterocycles. The van der Waals surface area contributed by atoms with E-state index in [1.54, 1.807) is 4.57 Å². The van der Waals surface area contributed by atoms with Crippen LogP contribution in [0.4, 0.5) is 0 Å². The summed E-state index contributed by atoms with van der Waals surface area (Å²) < 4.78 is 1.78. The Morgan fingerprint density at radius 2 is 1.94 bits per heavy atom. The number of nitrogens with zero attached hydrogens (tertiary/aromatic N) is 1. The average Bonchev–Trinajstić information content (AvgIpc) is 2.64. The predicted molar refractivity (Wildman–Crippen MR) is 64.0 cm³/mol. The lowest BCUT2D eigenvalue weighted by Gasteiger charge is -2.15. The van der Waals surface area contributed by atoms with Gasteiger partial charge in [-0.1, -0.05) is 24.3 Å². The Hall–Kier alpha value is -2.10. The number of hydrogen-bond donors (Lipinski definition) is 1. The summed E-state index contributed by atoms with van der Waals surface area (Å²) in [5, 5.41) is 1.62. The molecule has 1 aliphatic heterocycles. The minimum absolute atomic E-state index is 0.0972. The van der Waals surface area contributed by atoms with Gasteiger partial charge in [0.25, 0.3) is 5.91 Å². The molecule has 1 aromatic carbocycles. The number of rotatable bonds is 1. The number of aromatic nitrogens is 1. The summed E-state index contributed by atoms with van der Waals surface area (Å²) in [4.78, 5) is 23.5. The van der Waals surface area contributed by atoms with Gasteiger partial charge >= 0.3 is 0 Å². The van der Waals surface area contributed by atoms with E-state index in [9.17, 15) is 9.59 Å². The first-order valence-corrected chi connectivity index (χ1v) is 5.64. The molecule has 4 nitrogen and oxygen atoms in total. The molecule has 1 aromatic heterocycles. The van der Waals surface area contributed by atoms with E-state index in [-0.39, 0.29) is 5.78 Å². The van der Waals surface area contributed by atoms with E-state index in [1.807, 2.05) is 24.3 Å². The molecule has 2 N–H and O–H groups in total. The maximum atomic E-state index is 12.0. The molecule has 4 heteroatoms. The molecule has 2 heterocycles. The van der Waals surface area contributed by atoms with Crippen molar-refractivity contribution in [2.24, 2.45) is 5.73 Å². The quantitative estimate of drug-likeness (QED) is 0.807. The van der Waals surface area contributed by atoms with E-state index >= 15 is 0 Å². The Labute approximate surface area is 98.0 Å². The number of nitrogens with two attached hydrogens (primary N) is 1. The Bertz CT molecular complexity index is 607. The number of amides is 1. The van der Waals surface area contributed by atoms with E-state index < -0.39 is 5.91 Å². The molecule has 17 heavy (non-hydrogen) atoms. The van der Waals surface area contributed by atoms with Crippen LogP contribution in [0, 0.1) is 0 Å². The highest BCUT2D eigenvalue weighted by molar-refractivity contribution is 6.15. The number of fused-ring (bicyclic) bond motifs is 3. The van der Waals surface area contributed by atoms with E-state index in [0.29, 0.717) is 24.4 Å². The summed E-state index contributed by atoms with van der Waals surface area (Å²) in [5.74, 6) is -0.373. The van der Waals surface area contributed by atoms with Crippen LogP contribution in [0.3, 0.4) is 0 Å². The van der Waals surface area contributed by atoms with Gasteiger partial charge in [-0.3, -0.25) is 9.59 Å². The van der Waals surface area contributed by atoms with Crippen LogP contribution in [0.5, 0.6) is 0 Å². The van der Waals surface area contributed by atoms with Crippen molar-refractivity contribution in [2.45, 2.75) is 19.4 Å². The molecule has 1 amide bonds. The molecule has 0 spiro atoms. The molecular formula is C13H12N2O2. The summed E-state index contributed by atoms with van der Waals surface area (Å²) in [7, 11) is 0. The first kappa shape index (κ1) is 10.1. The highest BCUT2D eigenvalue weighted by atomic mass is 16.1. The second-order valence-electron chi connectivity index (χ2n) is 4.29. The summed E-state index contributed by atoms with van der Waals surface area (Å²) in [6, 6.07) is 7.44. The van der Waals surface area contributed by atoms with Crippen LogP contribution in [-0.2, 0) is 6.54 Å². The number of Topliss-reactive ketones (excluding diaryl/α,β-unsaturated/α-hetero) is 1. The van der Waals surface area contributed by atoms with Crippen LogP contribution < -0.4 is 5.73 Å². The second-order valence-corrected chi connectivity index (χ2v) is 4.29. The molecule has 2 aromatic rings. The van der Waals surface area contributed by atoms with Crippen molar-refractivity contribution in [3.63, 3.8) is 0 Å². The van der Waals surface area contributed by atoms with E-state index in [0.717, 1.165) is 17.2 Å². The minimum Gasteiger partial charge on any atom is -0.364 e. The van der Waals surface area contributed by atoms with Crippen LogP contribution in [0.2, 0.25) is 0 Å². The minimum atomic E-state index is -0.470. The lowest BCUT2D eigenvalue weighted by Crippen LogP contribution is -2.23. The highest BCUT2D eigenvalue weighted by Crippen LogP contribution is 2.30. The lowest BCUT2D eigenvalue weighted by atomic mass is 10.1. The van der Waals surface area contributed by atoms with E-state index in [1.165, 1.54) is 0 Å². The molecule has 0 fully saturated rings. The first-order chi connectivity index (χ1) is 8.20. The predicted octanol–water partition coefficient (Wildman–Crippen LogP) is 1.72. The molecule has 0 aliphatic carbocycles. The van der Waals surface area contributed by atoms with Gasteiger partial charge in [-0.05, 0) is 6.42 Å². The standard InChI is InChI=1S/C13H12N2O2/c14-13(17)12-9-5-2-1-4-8(9)11-10(16)6-3-7-15(11)12/h1-2,4-5H,3,6-7H2,(H2,14,17). The summed E-state index contributed by atoms with van der Waals surface area (Å²) in [6.45, 7) is 0.689. The molecule has 86 valence electrons. The zero-order valence-corrected chi connectivity index (χ0v) is 9.27. The molecule has 3 rings (SSSR count). The van der Waals surface area contributed by atoms with Gasteiger partial charge in [-0.25, -0.2) is 0 Å². The van der Waals surface area contributed by atoms with Gasteiger partial charge in [-0.2, -0.15) is 0 Å². The Morgan fingerprint density at radius 3 is 2.65 bits per heavy atom. The van der Waals surface area contributed by atoms with Gasteiger partial charge in [0.15, 0.2) is 5.78 Å². The lowest BCUT2D eigenvalue weighted by molar-refractivity contribution is 0.0952. The van der Waals surface area contributed by atoms with Crippen molar-refractivity contribution in [1.29, 1.82) is 0 Å². The number of primary amides is 1. The zero-order valence-electron chi connectivity index (χ0n) is 9.27. The molecule has 0 radical (unpaired) electrons. The number of carbonyl (C=O) groups is 2. The fraction of sp³-hybridized carbons (Fsp3) is 0.231. The number of hydrogen-bond acceptors (Lipinski definition) is 2. The van der Waals surface area contributed by atoms with Crippen LogP contribution in [0.15, 0.2) is 24.3 Å². The fourth-order valence-electron chi connectivity index (χ4n) is 2.60. The van der Waals surface area contributed by atoms with Gasteiger partial charge in [0, 0.05) is 23.7 Å². The van der Waals surface area contributed by atoms with E-state index in [4.69, 9.17) is 5.73 Å². The largest absolute Gasteiger partial charge is 0.364 e. The van der Waals surface area contributed by atoms with Crippen molar-refractivity contribution in [1.82, 2.24) is 4.57 Å². The van der Waals surface area contributed by atoms with Crippen molar-refractivity contribution in [2.75, 3.05) is 0 Å². The molecule has 0 saturated carbocycles. The maximum Gasteiger partial charge on any atom is 0.265 e. The zero-order chi connectivity index (χ0) is 12.0. The summed E-state index contributed by atoms with van der Waals surface area (Å²) >= 11 is 0. The smallest absolute Gasteiger partial charge is 0.265 e. The van der Waals surface area contributed by atoms with Gasteiger partial charge < -0.3 is 10.3 Å². The van der Waals surface area contributed by atoms with Crippen LogP contribution in [0.1, 0.15) is 33.8 Å². The van der Waals surface area contributed by atoms with Gasteiger partial charge in [0.2, 0.25) is 0 Å². The van der Waals surface area contributed by atoms with E-state index in [2.05, 4.69) is 0 Å².